The third-order valence-electron chi connectivity index (χ3n) is 9.20. The smallest absolute Gasteiger partial charge is 0.303 e. The number of carbonyl (C=O) groups is 4. The molecule has 4 rings (SSSR count). The Morgan fingerprint density at radius 1 is 1.18 bits per heavy atom. The number of rotatable bonds is 4. The molecule has 7 heteroatoms. The van der Waals surface area contributed by atoms with Crippen LogP contribution in [0, 0.1) is 34.5 Å². The lowest BCUT2D eigenvalue weighted by Gasteiger charge is -2.60. The van der Waals surface area contributed by atoms with Gasteiger partial charge in [-0.3, -0.25) is 19.2 Å². The average Bonchev–Trinajstić information content (AvgIpc) is 2.93. The Hall–Kier alpha value is -2.28. The number of hydrogen-bond donors (Lipinski definition) is 1. The quantitative estimate of drug-likeness (QED) is 0.646. The topological polar surface area (TPSA) is 107 Å². The van der Waals surface area contributed by atoms with Gasteiger partial charge in [0, 0.05) is 30.6 Å². The van der Waals surface area contributed by atoms with Gasteiger partial charge in [0.2, 0.25) is 5.78 Å². The molecule has 180 valence electrons. The number of esters is 2. The van der Waals surface area contributed by atoms with E-state index in [1.165, 1.54) is 13.8 Å². The standard InChI is InChI=1S/C26H34O7/c1-14-10-20-19-7-6-17-11-18(29)8-9-24(17,4)23(19)21(33-16(3)28)12-25(20,5)26(14,31)22(30)13-32-15(2)27/h8-9,11,14,19-21,23,31H,6-7,10,12-13H2,1-5H3/t14-,19+,20-,21-,23+,24+,25+,26+/m1/s1. The van der Waals surface area contributed by atoms with Crippen molar-refractivity contribution >= 4 is 23.5 Å². The first-order valence-corrected chi connectivity index (χ1v) is 11.8. The molecule has 0 heterocycles. The summed E-state index contributed by atoms with van der Waals surface area (Å²) < 4.78 is 10.9. The van der Waals surface area contributed by atoms with Gasteiger partial charge in [-0.25, -0.2) is 0 Å². The molecule has 0 amide bonds. The predicted molar refractivity (Wildman–Crippen MR) is 119 cm³/mol. The highest BCUT2D eigenvalue weighted by Gasteiger charge is 2.71. The minimum absolute atomic E-state index is 0.0226. The van der Waals surface area contributed by atoms with Crippen molar-refractivity contribution in [1.82, 2.24) is 0 Å². The normalized spacial score (nSPS) is 43.6. The zero-order valence-corrected chi connectivity index (χ0v) is 20.1. The lowest BCUT2D eigenvalue weighted by Crippen LogP contribution is -2.63. The van der Waals surface area contributed by atoms with E-state index in [4.69, 9.17) is 9.47 Å². The first-order chi connectivity index (χ1) is 15.3. The van der Waals surface area contributed by atoms with Crippen molar-refractivity contribution in [3.8, 4) is 0 Å². The van der Waals surface area contributed by atoms with Gasteiger partial charge in [-0.1, -0.05) is 32.4 Å². The molecule has 7 nitrogen and oxygen atoms in total. The second-order valence-corrected chi connectivity index (χ2v) is 10.9. The number of ether oxygens (including phenoxy) is 2. The molecule has 0 aromatic heterocycles. The van der Waals surface area contributed by atoms with Gasteiger partial charge >= 0.3 is 11.9 Å². The molecule has 8 atom stereocenters. The summed E-state index contributed by atoms with van der Waals surface area (Å²) in [5, 5.41) is 11.9. The highest BCUT2D eigenvalue weighted by atomic mass is 16.5. The van der Waals surface area contributed by atoms with E-state index in [1.807, 2.05) is 19.9 Å². The van der Waals surface area contributed by atoms with E-state index in [1.54, 1.807) is 12.2 Å². The predicted octanol–water partition coefficient (Wildman–Crippen LogP) is 2.95. The van der Waals surface area contributed by atoms with E-state index in [0.717, 1.165) is 18.4 Å². The van der Waals surface area contributed by atoms with Crippen LogP contribution in [0.4, 0.5) is 0 Å². The average molecular weight is 459 g/mol. The number of fused-ring (bicyclic) bond motifs is 5. The van der Waals surface area contributed by atoms with Crippen molar-refractivity contribution in [2.24, 2.45) is 34.5 Å². The Bertz CT molecular complexity index is 964. The van der Waals surface area contributed by atoms with Gasteiger partial charge in [0.25, 0.3) is 0 Å². The zero-order chi connectivity index (χ0) is 24.3. The summed E-state index contributed by atoms with van der Waals surface area (Å²) in [5.74, 6) is -1.75. The van der Waals surface area contributed by atoms with E-state index in [9.17, 15) is 24.3 Å². The number of carbonyl (C=O) groups excluding carboxylic acids is 4. The fraction of sp³-hybridized carbons (Fsp3) is 0.692. The molecule has 4 aliphatic rings. The third-order valence-corrected chi connectivity index (χ3v) is 9.20. The van der Waals surface area contributed by atoms with Gasteiger partial charge in [0.05, 0.1) is 0 Å². The van der Waals surface area contributed by atoms with Crippen LogP contribution in [0.2, 0.25) is 0 Å². The highest BCUT2D eigenvalue weighted by Crippen LogP contribution is 2.68. The minimum atomic E-state index is -1.69. The molecule has 0 saturated heterocycles. The van der Waals surface area contributed by atoms with Crippen molar-refractivity contribution in [2.45, 2.75) is 72.0 Å². The number of aliphatic hydroxyl groups is 1. The fourth-order valence-corrected chi connectivity index (χ4v) is 7.82. The van der Waals surface area contributed by atoms with Gasteiger partial charge in [0.15, 0.2) is 12.4 Å². The molecule has 0 unspecified atom stereocenters. The molecular weight excluding hydrogens is 424 g/mol. The Balaban J connectivity index is 1.77. The summed E-state index contributed by atoms with van der Waals surface area (Å²) >= 11 is 0. The molecule has 0 aromatic rings. The van der Waals surface area contributed by atoms with E-state index < -0.39 is 46.9 Å². The maximum Gasteiger partial charge on any atom is 0.303 e. The number of allylic oxidation sites excluding steroid dienone is 4. The SMILES string of the molecule is CC(=O)OCC(=O)[C@@]1(O)[C@H](C)C[C@@H]2[C@@H]3CCC4=CC(=O)C=C[C@]4(C)[C@@H]3[C@H](OC(C)=O)C[C@@]21C. The summed E-state index contributed by atoms with van der Waals surface area (Å²) in [6, 6.07) is 0. The van der Waals surface area contributed by atoms with E-state index in [0.29, 0.717) is 12.8 Å². The number of hydrogen-bond acceptors (Lipinski definition) is 7. The first kappa shape index (κ1) is 23.9. The van der Waals surface area contributed by atoms with Crippen molar-refractivity contribution in [3.05, 3.63) is 23.8 Å². The lowest BCUT2D eigenvalue weighted by atomic mass is 9.46. The van der Waals surface area contributed by atoms with Crippen LogP contribution >= 0.6 is 0 Å². The summed E-state index contributed by atoms with van der Waals surface area (Å²) in [4.78, 5) is 48.8. The Morgan fingerprint density at radius 2 is 1.88 bits per heavy atom. The molecule has 0 bridgehead atoms. The summed E-state index contributed by atoms with van der Waals surface area (Å²) in [6.45, 7) is 8.04. The Labute approximate surface area is 194 Å². The molecule has 1 N–H and O–H groups in total. The van der Waals surface area contributed by atoms with E-state index in [2.05, 4.69) is 6.92 Å². The minimum Gasteiger partial charge on any atom is -0.462 e. The molecular formula is C26H34O7. The van der Waals surface area contributed by atoms with Crippen LogP contribution in [-0.2, 0) is 28.7 Å². The second kappa shape index (κ2) is 7.90. The number of ketones is 2. The van der Waals surface area contributed by atoms with Crippen LogP contribution in [0.15, 0.2) is 23.8 Å². The van der Waals surface area contributed by atoms with Crippen molar-refractivity contribution in [1.29, 1.82) is 0 Å². The Kier molecular flexibility index (Phi) is 5.71. The molecule has 33 heavy (non-hydrogen) atoms. The maximum atomic E-state index is 13.3. The van der Waals surface area contributed by atoms with Gasteiger partial charge in [-0.15, -0.1) is 0 Å². The summed E-state index contributed by atoms with van der Waals surface area (Å²) in [5.41, 5.74) is -1.89. The second-order valence-electron chi connectivity index (χ2n) is 10.9. The Morgan fingerprint density at radius 3 is 2.52 bits per heavy atom. The van der Waals surface area contributed by atoms with E-state index in [-0.39, 0.29) is 29.5 Å². The van der Waals surface area contributed by atoms with Gasteiger partial charge in [0.1, 0.15) is 11.7 Å². The monoisotopic (exact) mass is 458 g/mol. The zero-order valence-electron chi connectivity index (χ0n) is 20.1. The van der Waals surface area contributed by atoms with Crippen LogP contribution in [0.3, 0.4) is 0 Å². The van der Waals surface area contributed by atoms with Crippen LogP contribution < -0.4 is 0 Å². The van der Waals surface area contributed by atoms with Crippen LogP contribution in [0.5, 0.6) is 0 Å². The molecule has 0 radical (unpaired) electrons. The number of Topliss-reactive ketones (excluding diaryl/α,β-unsaturated/α-hetero) is 1. The van der Waals surface area contributed by atoms with Crippen LogP contribution in [-0.4, -0.2) is 46.9 Å². The van der Waals surface area contributed by atoms with Crippen molar-refractivity contribution < 1.29 is 33.8 Å². The molecule has 0 spiro atoms. The molecule has 3 fully saturated rings. The third kappa shape index (κ3) is 3.42. The van der Waals surface area contributed by atoms with Gasteiger partial charge in [-0.05, 0) is 55.6 Å². The lowest BCUT2D eigenvalue weighted by molar-refractivity contribution is -0.195. The molecule has 0 aliphatic heterocycles. The van der Waals surface area contributed by atoms with Gasteiger partial charge < -0.3 is 14.6 Å². The molecule has 3 saturated carbocycles. The highest BCUT2D eigenvalue weighted by molar-refractivity contribution is 6.01. The summed E-state index contributed by atoms with van der Waals surface area (Å²) in [7, 11) is 0. The van der Waals surface area contributed by atoms with Gasteiger partial charge in [-0.2, -0.15) is 0 Å². The van der Waals surface area contributed by atoms with Crippen molar-refractivity contribution in [2.75, 3.05) is 6.61 Å². The summed E-state index contributed by atoms with van der Waals surface area (Å²) in [6.07, 6.45) is 7.29. The molecule has 0 aromatic carbocycles. The van der Waals surface area contributed by atoms with Crippen LogP contribution in [0.1, 0.15) is 60.3 Å². The van der Waals surface area contributed by atoms with Crippen molar-refractivity contribution in [3.63, 3.8) is 0 Å². The van der Waals surface area contributed by atoms with E-state index >= 15 is 0 Å². The molecule has 4 aliphatic carbocycles. The fourth-order valence-electron chi connectivity index (χ4n) is 7.82. The van der Waals surface area contributed by atoms with Crippen LogP contribution in [0.25, 0.3) is 0 Å². The first-order valence-electron chi connectivity index (χ1n) is 11.8. The maximum absolute atomic E-state index is 13.3. The largest absolute Gasteiger partial charge is 0.462 e.